The van der Waals surface area contributed by atoms with Crippen LogP contribution in [0, 0.1) is 13.1 Å². The third-order valence-electron chi connectivity index (χ3n) is 7.31. The molecule has 0 saturated heterocycles. The fourth-order valence-electron chi connectivity index (χ4n) is 4.62. The SMILES string of the molecule is [C-]#[N+]c1ccc(N=C(NOC)C2(C)CC(C(F)(F)F)=NN2)cc1C(F)(F)F.[C-]#[N+]c1ccc(N=C(NOC)C2(C)CC(C(F)(F)F)=NN2)cc1C(F)(F)F. The van der Waals surface area contributed by atoms with Crippen LogP contribution in [-0.4, -0.2) is 60.7 Å². The van der Waals surface area contributed by atoms with Crippen molar-refractivity contribution in [2.24, 2.45) is 20.2 Å². The number of amidine groups is 2. The number of hydrogen-bond donors (Lipinski definition) is 4. The van der Waals surface area contributed by atoms with Crippen LogP contribution in [0.2, 0.25) is 0 Å². The highest BCUT2D eigenvalue weighted by atomic mass is 19.4. The van der Waals surface area contributed by atoms with Gasteiger partial charge in [0.15, 0.2) is 23.0 Å². The van der Waals surface area contributed by atoms with Crippen LogP contribution >= 0.6 is 0 Å². The van der Waals surface area contributed by atoms with Gasteiger partial charge in [0.25, 0.3) is 0 Å². The number of rotatable bonds is 6. The number of hydroxylamine groups is 2. The molecule has 2 heterocycles. The quantitative estimate of drug-likeness (QED) is 0.0770. The summed E-state index contributed by atoms with van der Waals surface area (Å²) in [6.07, 6.45) is -20.1. The molecule has 0 spiro atoms. The van der Waals surface area contributed by atoms with Crippen LogP contribution in [0.15, 0.2) is 56.6 Å². The van der Waals surface area contributed by atoms with E-state index in [1.807, 2.05) is 0 Å². The second-order valence-electron chi connectivity index (χ2n) is 11.5. The fourth-order valence-corrected chi connectivity index (χ4v) is 4.62. The van der Waals surface area contributed by atoms with Gasteiger partial charge in [-0.25, -0.2) is 19.7 Å². The topological polar surface area (TPSA) is 125 Å². The van der Waals surface area contributed by atoms with Crippen molar-refractivity contribution in [2.45, 2.75) is 62.5 Å². The van der Waals surface area contributed by atoms with Crippen molar-refractivity contribution in [1.82, 2.24) is 21.8 Å². The molecule has 4 N–H and O–H groups in total. The van der Waals surface area contributed by atoms with Crippen LogP contribution in [0.1, 0.15) is 37.8 Å². The van der Waals surface area contributed by atoms with Crippen molar-refractivity contribution in [3.63, 3.8) is 0 Å². The maximum absolute atomic E-state index is 13.1. The predicted molar refractivity (Wildman–Crippen MR) is 169 cm³/mol. The molecule has 0 saturated carbocycles. The van der Waals surface area contributed by atoms with E-state index in [0.29, 0.717) is 12.1 Å². The number of aliphatic imine (C=N–C) groups is 2. The van der Waals surface area contributed by atoms with Gasteiger partial charge in [-0.05, 0) is 38.1 Å². The smallest absolute Gasteiger partial charge is 0.296 e. The number of hydrogen-bond acceptors (Lipinski definition) is 8. The second kappa shape index (κ2) is 15.8. The Balaban J connectivity index is 0.000000290. The summed E-state index contributed by atoms with van der Waals surface area (Å²) in [5.41, 5.74) is -0.108. The highest BCUT2D eigenvalue weighted by molar-refractivity contribution is 6.03. The first kappa shape index (κ1) is 42.8. The summed E-state index contributed by atoms with van der Waals surface area (Å²) in [7, 11) is 2.34. The number of alkyl halides is 12. The van der Waals surface area contributed by atoms with Crippen molar-refractivity contribution in [1.29, 1.82) is 0 Å². The third-order valence-corrected chi connectivity index (χ3v) is 7.31. The van der Waals surface area contributed by atoms with Crippen LogP contribution in [-0.2, 0) is 22.0 Å². The van der Waals surface area contributed by atoms with Gasteiger partial charge in [-0.2, -0.15) is 62.9 Å². The summed E-state index contributed by atoms with van der Waals surface area (Å²) in [6, 6.07) is 5.42. The van der Waals surface area contributed by atoms with Crippen molar-refractivity contribution < 1.29 is 62.4 Å². The lowest BCUT2D eigenvalue weighted by Gasteiger charge is -2.26. The monoisotopic (exact) mass is 786 g/mol. The van der Waals surface area contributed by atoms with Gasteiger partial charge in [0.2, 0.25) is 0 Å². The van der Waals surface area contributed by atoms with Crippen LogP contribution in [0.4, 0.5) is 75.4 Å². The molecule has 0 bridgehead atoms. The van der Waals surface area contributed by atoms with Crippen LogP contribution in [0.5, 0.6) is 0 Å². The molecule has 0 aromatic heterocycles. The van der Waals surface area contributed by atoms with E-state index in [-0.39, 0.29) is 23.0 Å². The maximum Gasteiger partial charge on any atom is 0.431 e. The van der Waals surface area contributed by atoms with Gasteiger partial charge in [-0.1, -0.05) is 12.1 Å². The fraction of sp³-hybridized carbons (Fsp3) is 0.400. The lowest BCUT2D eigenvalue weighted by Crippen LogP contribution is -2.51. The molecule has 2 aromatic carbocycles. The minimum Gasteiger partial charge on any atom is -0.296 e. The Bertz CT molecular complexity index is 1780. The molecule has 2 aromatic rings. The van der Waals surface area contributed by atoms with E-state index in [1.54, 1.807) is 0 Å². The molecule has 54 heavy (non-hydrogen) atoms. The Kier molecular flexibility index (Phi) is 12.5. The van der Waals surface area contributed by atoms with Crippen molar-refractivity contribution >= 4 is 45.8 Å². The van der Waals surface area contributed by atoms with Gasteiger partial charge in [-0.15, -0.1) is 0 Å². The zero-order valence-electron chi connectivity index (χ0n) is 27.9. The molecule has 292 valence electrons. The predicted octanol–water partition coefficient (Wildman–Crippen LogP) is 8.21. The van der Waals surface area contributed by atoms with E-state index < -0.39 is 82.5 Å². The van der Waals surface area contributed by atoms with Gasteiger partial charge in [-0.3, -0.25) is 31.5 Å². The number of nitrogens with zero attached hydrogens (tertiary/aromatic N) is 6. The van der Waals surface area contributed by atoms with E-state index in [0.717, 1.165) is 24.3 Å². The molecule has 0 aliphatic carbocycles. The Morgan fingerprint density at radius 3 is 1.22 bits per heavy atom. The summed E-state index contributed by atoms with van der Waals surface area (Å²) < 4.78 is 155. The Hall–Kier alpha value is -5.62. The molecule has 12 nitrogen and oxygen atoms in total. The third kappa shape index (κ3) is 10.3. The van der Waals surface area contributed by atoms with Crippen molar-refractivity contribution in [2.75, 3.05) is 14.2 Å². The van der Waals surface area contributed by atoms with E-state index in [2.05, 4.69) is 51.7 Å². The maximum atomic E-state index is 13.1. The highest BCUT2D eigenvalue weighted by Gasteiger charge is 2.48. The largest absolute Gasteiger partial charge is 0.431 e. The molecule has 2 aliphatic rings. The molecule has 0 amide bonds. The minimum absolute atomic E-state index is 0.211. The molecule has 0 radical (unpaired) electrons. The standard InChI is InChI=1S/2C15H13F6N5O/c2*1-13(7-11(24-26-13)15(19,20)21)12(25-27-3)23-8-4-5-10(22-2)9(6-8)14(16,17)18/h2*4-6,26H,7H2,1,3H3,(H,23,25). The summed E-state index contributed by atoms with van der Waals surface area (Å²) in [5.74, 6) is -0.423. The summed E-state index contributed by atoms with van der Waals surface area (Å²) in [5, 5.41) is 6.47. The van der Waals surface area contributed by atoms with Gasteiger partial charge >= 0.3 is 24.7 Å². The second-order valence-corrected chi connectivity index (χ2v) is 11.5. The van der Waals surface area contributed by atoms with E-state index in [9.17, 15) is 52.7 Å². The first-order chi connectivity index (χ1) is 24.8. The normalized spacial score (nSPS) is 20.7. The van der Waals surface area contributed by atoms with Crippen LogP contribution in [0.3, 0.4) is 0 Å². The molecule has 24 heteroatoms. The molecule has 2 aliphatic heterocycles. The minimum atomic E-state index is -4.79. The lowest BCUT2D eigenvalue weighted by atomic mass is 9.95. The summed E-state index contributed by atoms with van der Waals surface area (Å²) in [4.78, 5) is 22.9. The van der Waals surface area contributed by atoms with Gasteiger partial charge < -0.3 is 0 Å². The zero-order valence-corrected chi connectivity index (χ0v) is 27.9. The molecular formula is C30H26F12N10O2. The molecule has 2 atom stereocenters. The Morgan fingerprint density at radius 1 is 0.648 bits per heavy atom. The van der Waals surface area contributed by atoms with E-state index >= 15 is 0 Å². The number of halogens is 12. The van der Waals surface area contributed by atoms with Crippen LogP contribution in [0.25, 0.3) is 9.69 Å². The molecule has 0 fully saturated rings. The Morgan fingerprint density at radius 2 is 0.981 bits per heavy atom. The molecular weight excluding hydrogens is 760 g/mol. The first-order valence-electron chi connectivity index (χ1n) is 14.6. The van der Waals surface area contributed by atoms with Crippen molar-refractivity contribution in [3.8, 4) is 0 Å². The lowest BCUT2D eigenvalue weighted by molar-refractivity contribution is -0.137. The van der Waals surface area contributed by atoms with Crippen molar-refractivity contribution in [3.05, 3.63) is 70.4 Å². The summed E-state index contributed by atoms with van der Waals surface area (Å²) >= 11 is 0. The zero-order chi connectivity index (χ0) is 40.9. The van der Waals surface area contributed by atoms with E-state index in [4.69, 9.17) is 22.8 Å². The number of benzene rings is 2. The first-order valence-corrected chi connectivity index (χ1v) is 14.6. The Labute approximate surface area is 297 Å². The van der Waals surface area contributed by atoms with Gasteiger partial charge in [0.05, 0.1) is 49.9 Å². The summed E-state index contributed by atoms with van der Waals surface area (Å²) in [6.45, 7) is 16.3. The van der Waals surface area contributed by atoms with Gasteiger partial charge in [0, 0.05) is 12.8 Å². The number of hydrazone groups is 2. The number of nitrogens with one attached hydrogen (secondary N) is 4. The average molecular weight is 787 g/mol. The molecule has 4 rings (SSSR count). The average Bonchev–Trinajstić information content (AvgIpc) is 3.69. The van der Waals surface area contributed by atoms with Gasteiger partial charge in [0.1, 0.15) is 22.5 Å². The van der Waals surface area contributed by atoms with Crippen LogP contribution < -0.4 is 21.8 Å². The highest BCUT2D eigenvalue weighted by Crippen LogP contribution is 2.40. The molecule has 2 unspecified atom stereocenters. The van der Waals surface area contributed by atoms with E-state index in [1.165, 1.54) is 28.1 Å².